The molecule has 1 aromatic heterocycles. The third-order valence-corrected chi connectivity index (χ3v) is 5.06. The maximum atomic E-state index is 4.84. The Morgan fingerprint density at radius 3 is 2.37 bits per heavy atom. The lowest BCUT2D eigenvalue weighted by Gasteiger charge is -2.36. The van der Waals surface area contributed by atoms with Crippen molar-refractivity contribution in [2.24, 2.45) is 4.99 Å². The summed E-state index contributed by atoms with van der Waals surface area (Å²) in [5, 5.41) is 3.42. The van der Waals surface area contributed by atoms with Crippen LogP contribution in [0, 0.1) is 0 Å². The average molecular weight is 498 g/mol. The molecular weight excluding hydrogens is 471 g/mol. The fourth-order valence-electron chi connectivity index (χ4n) is 2.90. The molecule has 146 valence electrons. The van der Waals surface area contributed by atoms with Crippen LogP contribution >= 0.6 is 35.7 Å². The van der Waals surface area contributed by atoms with Crippen molar-refractivity contribution in [2.45, 2.75) is 18.4 Å². The number of hydrogen-bond acceptors (Lipinski definition) is 5. The van der Waals surface area contributed by atoms with Crippen molar-refractivity contribution in [3.8, 4) is 0 Å². The summed E-state index contributed by atoms with van der Waals surface area (Å²) >= 11 is 1.76. The van der Waals surface area contributed by atoms with E-state index in [1.54, 1.807) is 24.2 Å². The van der Waals surface area contributed by atoms with Gasteiger partial charge >= 0.3 is 0 Å². The van der Waals surface area contributed by atoms with Crippen LogP contribution in [0.3, 0.4) is 0 Å². The predicted molar refractivity (Wildman–Crippen MR) is 124 cm³/mol. The molecule has 0 unspecified atom stereocenters. The summed E-state index contributed by atoms with van der Waals surface area (Å²) in [5.41, 5.74) is 1.23. The molecule has 1 aliphatic rings. The molecule has 0 spiro atoms. The normalized spacial score (nSPS) is 14.7. The second-order valence-electron chi connectivity index (χ2n) is 6.04. The third-order valence-electron chi connectivity index (χ3n) is 4.32. The van der Waals surface area contributed by atoms with Gasteiger partial charge in [-0.2, -0.15) is 0 Å². The van der Waals surface area contributed by atoms with E-state index in [0.29, 0.717) is 6.54 Å². The zero-order chi connectivity index (χ0) is 18.2. The molecule has 2 aromatic rings. The van der Waals surface area contributed by atoms with Gasteiger partial charge in [-0.1, -0.05) is 12.1 Å². The number of guanidine groups is 1. The number of benzene rings is 1. The van der Waals surface area contributed by atoms with Gasteiger partial charge in [0, 0.05) is 50.0 Å². The van der Waals surface area contributed by atoms with Crippen LogP contribution in [0.5, 0.6) is 0 Å². The summed E-state index contributed by atoms with van der Waals surface area (Å²) in [6, 6.07) is 10.5. The van der Waals surface area contributed by atoms with Gasteiger partial charge in [0.25, 0.3) is 0 Å². The van der Waals surface area contributed by atoms with E-state index < -0.39 is 0 Å². The number of nitrogens with zero attached hydrogens (tertiary/aromatic N) is 5. The topological polar surface area (TPSA) is 56.7 Å². The van der Waals surface area contributed by atoms with Gasteiger partial charge in [0.05, 0.1) is 6.54 Å². The number of thioether (sulfide) groups is 1. The van der Waals surface area contributed by atoms with Crippen molar-refractivity contribution in [3.05, 3.63) is 48.3 Å². The molecule has 6 nitrogen and oxygen atoms in total. The Labute approximate surface area is 182 Å². The van der Waals surface area contributed by atoms with E-state index in [-0.39, 0.29) is 24.0 Å². The van der Waals surface area contributed by atoms with E-state index in [1.807, 2.05) is 6.07 Å². The van der Waals surface area contributed by atoms with Crippen LogP contribution in [0.25, 0.3) is 0 Å². The fourth-order valence-corrected chi connectivity index (χ4v) is 3.30. The molecule has 0 aliphatic carbocycles. The van der Waals surface area contributed by atoms with Gasteiger partial charge in [0.1, 0.15) is 0 Å². The fraction of sp³-hybridized carbons (Fsp3) is 0.421. The van der Waals surface area contributed by atoms with E-state index in [1.165, 1.54) is 10.5 Å². The standard InChI is InChI=1S/C19H26N6S.HI/c1-3-20-18(23-15-16-5-7-17(26-2)8-6-16)24-11-13-25(14-12-24)19-21-9-4-10-22-19;/h4-10H,3,11-15H2,1-2H3,(H,20,23);1H. The second kappa shape index (κ2) is 11.3. The van der Waals surface area contributed by atoms with Gasteiger partial charge in [0.15, 0.2) is 5.96 Å². The van der Waals surface area contributed by atoms with Gasteiger partial charge in [0.2, 0.25) is 5.95 Å². The number of aromatic nitrogens is 2. The average Bonchev–Trinajstić information content (AvgIpc) is 2.72. The summed E-state index contributed by atoms with van der Waals surface area (Å²) in [6.45, 7) is 7.29. The first-order chi connectivity index (χ1) is 12.8. The lowest BCUT2D eigenvalue weighted by atomic mass is 10.2. The van der Waals surface area contributed by atoms with Crippen LogP contribution in [0.1, 0.15) is 12.5 Å². The molecular formula is C19H27IN6S. The van der Waals surface area contributed by atoms with Crippen LogP contribution in [-0.2, 0) is 6.54 Å². The molecule has 0 atom stereocenters. The lowest BCUT2D eigenvalue weighted by molar-refractivity contribution is 0.370. The van der Waals surface area contributed by atoms with Gasteiger partial charge in [-0.15, -0.1) is 35.7 Å². The SMILES string of the molecule is CCNC(=NCc1ccc(SC)cc1)N1CCN(c2ncccn2)CC1.I. The predicted octanol–water partition coefficient (Wildman–Crippen LogP) is 3.10. The van der Waals surface area contributed by atoms with E-state index in [4.69, 9.17) is 4.99 Å². The monoisotopic (exact) mass is 498 g/mol. The first-order valence-electron chi connectivity index (χ1n) is 8.98. The number of anilines is 1. The number of rotatable bonds is 5. The molecule has 1 saturated heterocycles. The Morgan fingerprint density at radius 2 is 1.78 bits per heavy atom. The van der Waals surface area contributed by atoms with Crippen LogP contribution in [0.15, 0.2) is 52.6 Å². The Kier molecular flexibility index (Phi) is 9.12. The van der Waals surface area contributed by atoms with E-state index in [2.05, 4.69) is 62.5 Å². The first-order valence-corrected chi connectivity index (χ1v) is 10.2. The first kappa shape index (κ1) is 21.7. The van der Waals surface area contributed by atoms with Crippen molar-refractivity contribution in [1.29, 1.82) is 0 Å². The summed E-state index contributed by atoms with van der Waals surface area (Å²) in [6.07, 6.45) is 5.68. The van der Waals surface area contributed by atoms with Gasteiger partial charge in [-0.05, 0) is 36.9 Å². The van der Waals surface area contributed by atoms with Crippen molar-refractivity contribution < 1.29 is 0 Å². The maximum absolute atomic E-state index is 4.84. The minimum Gasteiger partial charge on any atom is -0.357 e. The maximum Gasteiger partial charge on any atom is 0.225 e. The molecule has 0 bridgehead atoms. The number of aliphatic imine (C=N–C) groups is 1. The van der Waals surface area contributed by atoms with E-state index in [0.717, 1.165) is 44.6 Å². The summed E-state index contributed by atoms with van der Waals surface area (Å²) in [5.74, 6) is 1.79. The minimum atomic E-state index is 0. The summed E-state index contributed by atoms with van der Waals surface area (Å²) in [7, 11) is 0. The zero-order valence-corrected chi connectivity index (χ0v) is 19.0. The Hall–Kier alpha value is -1.55. The number of hydrogen-bond donors (Lipinski definition) is 1. The number of piperazine rings is 1. The van der Waals surface area contributed by atoms with Crippen LogP contribution in [-0.4, -0.2) is 59.8 Å². The molecule has 1 aromatic carbocycles. The highest BCUT2D eigenvalue weighted by atomic mass is 127. The highest BCUT2D eigenvalue weighted by Gasteiger charge is 2.20. The van der Waals surface area contributed by atoms with Crippen LogP contribution < -0.4 is 10.2 Å². The molecule has 0 radical (unpaired) electrons. The zero-order valence-electron chi connectivity index (χ0n) is 15.8. The van der Waals surface area contributed by atoms with E-state index >= 15 is 0 Å². The molecule has 27 heavy (non-hydrogen) atoms. The molecule has 1 aliphatic heterocycles. The number of nitrogens with one attached hydrogen (secondary N) is 1. The van der Waals surface area contributed by atoms with E-state index in [9.17, 15) is 0 Å². The molecule has 2 heterocycles. The van der Waals surface area contributed by atoms with Crippen LogP contribution in [0.4, 0.5) is 5.95 Å². The highest BCUT2D eigenvalue weighted by Crippen LogP contribution is 2.15. The Bertz CT molecular complexity index is 702. The largest absolute Gasteiger partial charge is 0.357 e. The van der Waals surface area contributed by atoms with Crippen LogP contribution in [0.2, 0.25) is 0 Å². The van der Waals surface area contributed by atoms with Gasteiger partial charge < -0.3 is 15.1 Å². The van der Waals surface area contributed by atoms with Gasteiger partial charge in [-0.25, -0.2) is 15.0 Å². The van der Waals surface area contributed by atoms with Crippen molar-refractivity contribution in [3.63, 3.8) is 0 Å². The molecule has 3 rings (SSSR count). The molecule has 8 heteroatoms. The molecule has 0 amide bonds. The summed E-state index contributed by atoms with van der Waals surface area (Å²) < 4.78 is 0. The van der Waals surface area contributed by atoms with Crippen molar-refractivity contribution in [1.82, 2.24) is 20.2 Å². The number of halogens is 1. The lowest BCUT2D eigenvalue weighted by Crippen LogP contribution is -2.52. The minimum absolute atomic E-state index is 0. The van der Waals surface area contributed by atoms with Crippen molar-refractivity contribution in [2.75, 3.05) is 43.9 Å². The molecule has 1 N–H and O–H groups in total. The van der Waals surface area contributed by atoms with Crippen molar-refractivity contribution >= 4 is 47.6 Å². The Balaban J connectivity index is 0.00000261. The summed E-state index contributed by atoms with van der Waals surface area (Å²) in [4.78, 5) is 19.4. The highest BCUT2D eigenvalue weighted by molar-refractivity contribution is 14.0. The molecule has 1 fully saturated rings. The second-order valence-corrected chi connectivity index (χ2v) is 6.92. The quantitative estimate of drug-likeness (QED) is 0.296. The third kappa shape index (κ3) is 6.24. The smallest absolute Gasteiger partial charge is 0.225 e. The Morgan fingerprint density at radius 1 is 1.11 bits per heavy atom. The van der Waals surface area contributed by atoms with Gasteiger partial charge in [-0.3, -0.25) is 0 Å². The molecule has 0 saturated carbocycles.